The first kappa shape index (κ1) is 20.4. The molecule has 1 aromatic rings. The number of alkyl halides is 1. The SMILES string of the molecule is CCC/C(=C\C=C(\C)NOC)c1ccc(C(OC)C(N)CF)cc1. The van der Waals surface area contributed by atoms with Gasteiger partial charge in [-0.2, -0.15) is 0 Å². The molecule has 3 N–H and O–H groups in total. The number of rotatable bonds is 10. The topological polar surface area (TPSA) is 56.5 Å². The highest BCUT2D eigenvalue weighted by Gasteiger charge is 2.19. The van der Waals surface area contributed by atoms with Gasteiger partial charge < -0.3 is 10.5 Å². The third-order valence-electron chi connectivity index (χ3n) is 3.75. The minimum absolute atomic E-state index is 0.435. The molecule has 0 amide bonds. The monoisotopic (exact) mass is 336 g/mol. The highest BCUT2D eigenvalue weighted by atomic mass is 19.1. The molecule has 0 aliphatic rings. The summed E-state index contributed by atoms with van der Waals surface area (Å²) in [5, 5.41) is 0. The summed E-state index contributed by atoms with van der Waals surface area (Å²) in [5.41, 5.74) is 12.7. The number of benzene rings is 1. The summed E-state index contributed by atoms with van der Waals surface area (Å²) in [5.74, 6) is 0. The van der Waals surface area contributed by atoms with Crippen molar-refractivity contribution in [3.8, 4) is 0 Å². The fourth-order valence-electron chi connectivity index (χ4n) is 2.54. The largest absolute Gasteiger partial charge is 0.375 e. The number of hydrogen-bond acceptors (Lipinski definition) is 4. The quantitative estimate of drug-likeness (QED) is 0.502. The predicted molar refractivity (Wildman–Crippen MR) is 96.9 cm³/mol. The van der Waals surface area contributed by atoms with Crippen molar-refractivity contribution in [2.24, 2.45) is 5.73 Å². The van der Waals surface area contributed by atoms with Gasteiger partial charge in [0.05, 0.1) is 19.3 Å². The van der Waals surface area contributed by atoms with Crippen LogP contribution in [-0.2, 0) is 9.57 Å². The molecule has 2 atom stereocenters. The summed E-state index contributed by atoms with van der Waals surface area (Å²) >= 11 is 0. The van der Waals surface area contributed by atoms with E-state index in [2.05, 4.69) is 18.5 Å². The molecule has 0 bridgehead atoms. The molecule has 0 saturated carbocycles. The van der Waals surface area contributed by atoms with Crippen LogP contribution in [0.2, 0.25) is 0 Å². The zero-order valence-electron chi connectivity index (χ0n) is 15.0. The molecule has 0 fully saturated rings. The summed E-state index contributed by atoms with van der Waals surface area (Å²) in [6, 6.07) is 7.30. The smallest absolute Gasteiger partial charge is 0.107 e. The lowest BCUT2D eigenvalue weighted by Gasteiger charge is -2.21. The van der Waals surface area contributed by atoms with E-state index in [4.69, 9.17) is 15.3 Å². The molecular formula is C19H29FN2O2. The molecule has 0 aromatic heterocycles. The van der Waals surface area contributed by atoms with Crippen LogP contribution in [0.4, 0.5) is 4.39 Å². The Balaban J connectivity index is 3.01. The molecular weight excluding hydrogens is 307 g/mol. The minimum atomic E-state index is -0.655. The van der Waals surface area contributed by atoms with Crippen molar-refractivity contribution in [2.45, 2.75) is 38.8 Å². The van der Waals surface area contributed by atoms with Gasteiger partial charge in [0.25, 0.3) is 0 Å². The summed E-state index contributed by atoms with van der Waals surface area (Å²) in [6.45, 7) is 3.47. The maximum Gasteiger partial charge on any atom is 0.107 e. The fraction of sp³-hybridized carbons (Fsp3) is 0.474. The molecule has 1 rings (SSSR count). The molecule has 0 spiro atoms. The zero-order chi connectivity index (χ0) is 17.9. The van der Waals surface area contributed by atoms with E-state index in [1.54, 1.807) is 14.2 Å². The van der Waals surface area contributed by atoms with Gasteiger partial charge in [-0.15, -0.1) is 0 Å². The van der Waals surface area contributed by atoms with Crippen molar-refractivity contribution < 1.29 is 14.0 Å². The summed E-state index contributed by atoms with van der Waals surface area (Å²) in [7, 11) is 3.13. The van der Waals surface area contributed by atoms with Crippen LogP contribution in [0.3, 0.4) is 0 Å². The summed E-state index contributed by atoms with van der Waals surface area (Å²) in [4.78, 5) is 4.89. The standard InChI is InChI=1S/C19H29FN2O2/c1-5-6-15(8-7-14(2)22-24-4)16-9-11-17(12-10-16)19(23-3)18(21)13-20/h7-12,18-19,22H,5-6,13,21H2,1-4H3/b14-7-,15-8+. The van der Waals surface area contributed by atoms with Gasteiger partial charge in [-0.3, -0.25) is 10.3 Å². The van der Waals surface area contributed by atoms with Crippen LogP contribution in [0.25, 0.3) is 5.57 Å². The van der Waals surface area contributed by atoms with Crippen LogP contribution in [0, 0.1) is 0 Å². The van der Waals surface area contributed by atoms with E-state index in [1.165, 1.54) is 5.57 Å². The van der Waals surface area contributed by atoms with Gasteiger partial charge in [0.1, 0.15) is 6.67 Å². The Morgan fingerprint density at radius 1 is 1.25 bits per heavy atom. The molecule has 1 aromatic carbocycles. The van der Waals surface area contributed by atoms with E-state index >= 15 is 0 Å². The number of nitrogens with one attached hydrogen (secondary N) is 1. The second-order valence-electron chi connectivity index (χ2n) is 5.69. The molecule has 134 valence electrons. The minimum Gasteiger partial charge on any atom is -0.375 e. The van der Waals surface area contributed by atoms with Crippen molar-refractivity contribution in [1.29, 1.82) is 0 Å². The van der Waals surface area contributed by atoms with Crippen LogP contribution >= 0.6 is 0 Å². The first-order valence-electron chi connectivity index (χ1n) is 8.18. The Labute approximate surface area is 144 Å². The normalized spacial score (nSPS) is 15.2. The molecule has 0 heterocycles. The van der Waals surface area contributed by atoms with E-state index in [0.29, 0.717) is 0 Å². The highest BCUT2D eigenvalue weighted by molar-refractivity contribution is 5.67. The van der Waals surface area contributed by atoms with E-state index in [0.717, 1.165) is 29.7 Å². The van der Waals surface area contributed by atoms with Gasteiger partial charge in [-0.1, -0.05) is 43.7 Å². The van der Waals surface area contributed by atoms with E-state index in [-0.39, 0.29) is 0 Å². The van der Waals surface area contributed by atoms with Crippen LogP contribution in [0.15, 0.2) is 42.1 Å². The van der Waals surface area contributed by atoms with Gasteiger partial charge in [0.2, 0.25) is 0 Å². The van der Waals surface area contributed by atoms with Crippen LogP contribution in [-0.4, -0.2) is 26.9 Å². The Bertz CT molecular complexity index is 541. The van der Waals surface area contributed by atoms with Crippen LogP contribution < -0.4 is 11.2 Å². The first-order valence-corrected chi connectivity index (χ1v) is 8.18. The Kier molecular flexibility index (Phi) is 9.30. The van der Waals surface area contributed by atoms with E-state index in [1.807, 2.05) is 37.3 Å². The second kappa shape index (κ2) is 11.0. The number of ether oxygens (including phenoxy) is 1. The summed E-state index contributed by atoms with van der Waals surface area (Å²) in [6.07, 6.45) is 5.65. The lowest BCUT2D eigenvalue weighted by molar-refractivity contribution is 0.0721. The Morgan fingerprint density at radius 3 is 2.42 bits per heavy atom. The average Bonchev–Trinajstić information content (AvgIpc) is 2.60. The second-order valence-corrected chi connectivity index (χ2v) is 5.69. The first-order chi connectivity index (χ1) is 11.6. The molecule has 4 nitrogen and oxygen atoms in total. The summed E-state index contributed by atoms with van der Waals surface area (Å²) < 4.78 is 18.2. The molecule has 0 aliphatic heterocycles. The number of hydroxylamine groups is 1. The fourth-order valence-corrected chi connectivity index (χ4v) is 2.54. The maximum atomic E-state index is 12.8. The highest BCUT2D eigenvalue weighted by Crippen LogP contribution is 2.25. The van der Waals surface area contributed by atoms with E-state index in [9.17, 15) is 4.39 Å². The van der Waals surface area contributed by atoms with Gasteiger partial charge in [-0.05, 0) is 36.1 Å². The van der Waals surface area contributed by atoms with Crippen LogP contribution in [0.5, 0.6) is 0 Å². The number of methoxy groups -OCH3 is 1. The number of nitrogens with two attached hydrogens (primary N) is 1. The third kappa shape index (κ3) is 6.07. The van der Waals surface area contributed by atoms with Crippen molar-refractivity contribution in [3.63, 3.8) is 0 Å². The van der Waals surface area contributed by atoms with Gasteiger partial charge in [-0.25, -0.2) is 4.39 Å². The van der Waals surface area contributed by atoms with Gasteiger partial charge in [0, 0.05) is 12.8 Å². The van der Waals surface area contributed by atoms with Crippen molar-refractivity contribution in [3.05, 3.63) is 53.2 Å². The molecule has 5 heteroatoms. The molecule has 0 radical (unpaired) electrons. The number of hydrogen-bond donors (Lipinski definition) is 2. The number of allylic oxidation sites excluding steroid dienone is 4. The van der Waals surface area contributed by atoms with Crippen molar-refractivity contribution in [1.82, 2.24) is 5.48 Å². The Hall–Kier alpha value is -1.69. The molecule has 24 heavy (non-hydrogen) atoms. The maximum absolute atomic E-state index is 12.8. The molecule has 2 unspecified atom stereocenters. The lowest BCUT2D eigenvalue weighted by Crippen LogP contribution is -2.31. The van der Waals surface area contributed by atoms with E-state index < -0.39 is 18.8 Å². The predicted octanol–water partition coefficient (Wildman–Crippen LogP) is 3.91. The van der Waals surface area contributed by atoms with Crippen molar-refractivity contribution in [2.75, 3.05) is 20.9 Å². The molecule has 0 saturated heterocycles. The average molecular weight is 336 g/mol. The third-order valence-corrected chi connectivity index (χ3v) is 3.75. The lowest BCUT2D eigenvalue weighted by atomic mass is 9.96. The van der Waals surface area contributed by atoms with Gasteiger partial charge >= 0.3 is 0 Å². The van der Waals surface area contributed by atoms with Gasteiger partial charge in [0.15, 0.2) is 0 Å². The number of halogens is 1. The Morgan fingerprint density at radius 2 is 1.92 bits per heavy atom. The zero-order valence-corrected chi connectivity index (χ0v) is 15.0. The van der Waals surface area contributed by atoms with Crippen LogP contribution in [0.1, 0.15) is 43.9 Å². The molecule has 0 aliphatic carbocycles. The van der Waals surface area contributed by atoms with Crippen molar-refractivity contribution >= 4 is 5.57 Å².